The molecule has 0 N–H and O–H groups in total. The molecule has 0 atom stereocenters. The Bertz CT molecular complexity index is 686. The molecule has 4 nitrogen and oxygen atoms in total. The van der Waals surface area contributed by atoms with Crippen molar-refractivity contribution in [3.8, 4) is 5.69 Å². The number of benzene rings is 1. The molecule has 0 amide bonds. The van der Waals surface area contributed by atoms with Gasteiger partial charge in [0.1, 0.15) is 5.82 Å². The lowest BCUT2D eigenvalue weighted by Gasteiger charge is -2.07. The molecule has 17 heavy (non-hydrogen) atoms. The average Bonchev–Trinajstić information content (AvgIpc) is 2.30. The van der Waals surface area contributed by atoms with Crippen LogP contribution in [0.15, 0.2) is 40.1 Å². The van der Waals surface area contributed by atoms with Crippen LogP contribution in [0.3, 0.4) is 0 Å². The zero-order chi connectivity index (χ0) is 12.6. The van der Waals surface area contributed by atoms with E-state index >= 15 is 0 Å². The van der Waals surface area contributed by atoms with E-state index in [9.17, 15) is 14.0 Å². The molecule has 2 rings (SSSR count). The van der Waals surface area contributed by atoms with Gasteiger partial charge in [0.2, 0.25) is 0 Å². The van der Waals surface area contributed by atoms with Gasteiger partial charge in [-0.15, -0.1) is 0 Å². The Morgan fingerprint density at radius 1 is 1.18 bits per heavy atom. The van der Waals surface area contributed by atoms with E-state index in [1.165, 1.54) is 29.9 Å². The maximum absolute atomic E-state index is 13.4. The fourth-order valence-corrected chi connectivity index (χ4v) is 1.50. The van der Waals surface area contributed by atoms with Gasteiger partial charge in [-0.05, 0) is 24.6 Å². The van der Waals surface area contributed by atoms with Crippen molar-refractivity contribution in [3.05, 3.63) is 62.7 Å². The summed E-state index contributed by atoms with van der Waals surface area (Å²) in [4.78, 5) is 23.0. The van der Waals surface area contributed by atoms with Crippen molar-refractivity contribution in [2.45, 2.75) is 6.92 Å². The Balaban J connectivity index is 2.69. The van der Waals surface area contributed by atoms with Gasteiger partial charge in [0.05, 0.1) is 5.69 Å². The summed E-state index contributed by atoms with van der Waals surface area (Å²) < 4.78 is 15.6. The van der Waals surface area contributed by atoms with Crippen LogP contribution in [0.4, 0.5) is 4.39 Å². The highest BCUT2D eigenvalue weighted by Gasteiger charge is 2.05. The zero-order valence-corrected chi connectivity index (χ0v) is 9.48. The van der Waals surface area contributed by atoms with Gasteiger partial charge in [-0.25, -0.2) is 9.18 Å². The molecule has 0 aliphatic heterocycles. The number of rotatable bonds is 1. The Kier molecular flexibility index (Phi) is 2.67. The average molecular weight is 234 g/mol. The number of nitrogens with zero attached hydrogens (tertiary/aromatic N) is 2. The first kappa shape index (κ1) is 11.3. The van der Waals surface area contributed by atoms with Gasteiger partial charge in [-0.2, -0.15) is 0 Å². The third-order valence-corrected chi connectivity index (χ3v) is 2.62. The SMILES string of the molecule is Cc1ccc(-n2ccc(=O)n(C)c2=O)cc1F. The minimum atomic E-state index is -0.499. The largest absolute Gasteiger partial charge is 0.335 e. The summed E-state index contributed by atoms with van der Waals surface area (Å²) in [5.74, 6) is -0.386. The van der Waals surface area contributed by atoms with Crippen LogP contribution in [-0.4, -0.2) is 9.13 Å². The van der Waals surface area contributed by atoms with E-state index in [4.69, 9.17) is 0 Å². The Hall–Kier alpha value is -2.17. The molecule has 0 unspecified atom stereocenters. The van der Waals surface area contributed by atoms with E-state index in [1.807, 2.05) is 0 Å². The predicted molar refractivity (Wildman–Crippen MR) is 62.0 cm³/mol. The van der Waals surface area contributed by atoms with Gasteiger partial charge in [-0.1, -0.05) is 6.07 Å². The van der Waals surface area contributed by atoms with E-state index in [0.717, 1.165) is 4.57 Å². The lowest BCUT2D eigenvalue weighted by Crippen LogP contribution is -2.36. The fourth-order valence-electron chi connectivity index (χ4n) is 1.50. The maximum atomic E-state index is 13.4. The second-order valence-corrected chi connectivity index (χ2v) is 3.80. The maximum Gasteiger partial charge on any atom is 0.335 e. The van der Waals surface area contributed by atoms with Crippen LogP contribution in [0.2, 0.25) is 0 Å². The van der Waals surface area contributed by atoms with Crippen molar-refractivity contribution in [3.63, 3.8) is 0 Å². The summed E-state index contributed by atoms with van der Waals surface area (Å²) in [5, 5.41) is 0. The van der Waals surface area contributed by atoms with Crippen molar-refractivity contribution < 1.29 is 4.39 Å². The molecule has 1 aromatic carbocycles. The third kappa shape index (κ3) is 1.91. The minimum Gasteiger partial charge on any atom is -0.269 e. The summed E-state index contributed by atoms with van der Waals surface area (Å²) in [6, 6.07) is 5.74. The van der Waals surface area contributed by atoms with Crippen LogP contribution < -0.4 is 11.2 Å². The molecule has 0 aliphatic rings. The van der Waals surface area contributed by atoms with Gasteiger partial charge >= 0.3 is 5.69 Å². The smallest absolute Gasteiger partial charge is 0.269 e. The summed E-state index contributed by atoms with van der Waals surface area (Å²) in [5.41, 5.74) is 0.0138. The van der Waals surface area contributed by atoms with Crippen LogP contribution in [0.25, 0.3) is 5.69 Å². The lowest BCUT2D eigenvalue weighted by molar-refractivity contribution is 0.615. The second kappa shape index (κ2) is 4.01. The molecule has 0 radical (unpaired) electrons. The lowest BCUT2D eigenvalue weighted by atomic mass is 10.2. The van der Waals surface area contributed by atoms with Crippen LogP contribution in [0.1, 0.15) is 5.56 Å². The minimum absolute atomic E-state index is 0.386. The number of halogens is 1. The van der Waals surface area contributed by atoms with Crippen LogP contribution >= 0.6 is 0 Å². The third-order valence-electron chi connectivity index (χ3n) is 2.62. The molecule has 0 saturated carbocycles. The molecule has 1 aromatic heterocycles. The van der Waals surface area contributed by atoms with Crippen LogP contribution in [0, 0.1) is 12.7 Å². The van der Waals surface area contributed by atoms with Gasteiger partial charge in [0, 0.05) is 19.3 Å². The summed E-state index contributed by atoms with van der Waals surface area (Å²) >= 11 is 0. The Morgan fingerprint density at radius 2 is 1.88 bits per heavy atom. The van der Waals surface area contributed by atoms with Crippen molar-refractivity contribution >= 4 is 0 Å². The number of aryl methyl sites for hydroxylation is 1. The van der Waals surface area contributed by atoms with Gasteiger partial charge in [-0.3, -0.25) is 13.9 Å². The summed E-state index contributed by atoms with van der Waals surface area (Å²) in [7, 11) is 1.38. The number of aromatic nitrogens is 2. The Labute approximate surface area is 96.6 Å². The molecule has 0 spiro atoms. The zero-order valence-electron chi connectivity index (χ0n) is 9.48. The monoisotopic (exact) mass is 234 g/mol. The standard InChI is InChI=1S/C12H11FN2O2/c1-8-3-4-9(7-10(8)13)15-6-5-11(16)14(2)12(15)17/h3-7H,1-2H3. The molecular weight excluding hydrogens is 223 g/mol. The fraction of sp³-hybridized carbons (Fsp3) is 0.167. The quantitative estimate of drug-likeness (QED) is 0.738. The van der Waals surface area contributed by atoms with Crippen molar-refractivity contribution in [1.29, 1.82) is 0 Å². The van der Waals surface area contributed by atoms with E-state index in [-0.39, 0.29) is 11.4 Å². The molecule has 2 aromatic rings. The molecule has 1 heterocycles. The highest BCUT2D eigenvalue weighted by Crippen LogP contribution is 2.11. The molecule has 0 saturated heterocycles. The predicted octanol–water partition coefficient (Wildman–Crippen LogP) is 0.984. The number of hydrogen-bond donors (Lipinski definition) is 0. The normalized spacial score (nSPS) is 10.5. The topological polar surface area (TPSA) is 44.0 Å². The molecule has 88 valence electrons. The van der Waals surface area contributed by atoms with Crippen molar-refractivity contribution in [2.75, 3.05) is 0 Å². The van der Waals surface area contributed by atoms with Crippen LogP contribution in [-0.2, 0) is 7.05 Å². The van der Waals surface area contributed by atoms with E-state index in [0.29, 0.717) is 11.3 Å². The first-order valence-electron chi connectivity index (χ1n) is 5.06. The van der Waals surface area contributed by atoms with E-state index < -0.39 is 5.69 Å². The van der Waals surface area contributed by atoms with Gasteiger partial charge in [0.15, 0.2) is 0 Å². The number of hydrogen-bond acceptors (Lipinski definition) is 2. The van der Waals surface area contributed by atoms with Crippen molar-refractivity contribution in [1.82, 2.24) is 9.13 Å². The Morgan fingerprint density at radius 3 is 2.53 bits per heavy atom. The van der Waals surface area contributed by atoms with Gasteiger partial charge < -0.3 is 0 Å². The summed E-state index contributed by atoms with van der Waals surface area (Å²) in [6.07, 6.45) is 1.34. The molecular formula is C12H11FN2O2. The van der Waals surface area contributed by atoms with E-state index in [1.54, 1.807) is 19.1 Å². The van der Waals surface area contributed by atoms with Crippen LogP contribution in [0.5, 0.6) is 0 Å². The molecule has 5 heteroatoms. The van der Waals surface area contributed by atoms with E-state index in [2.05, 4.69) is 0 Å². The second-order valence-electron chi connectivity index (χ2n) is 3.80. The molecule has 0 aliphatic carbocycles. The highest BCUT2D eigenvalue weighted by molar-refractivity contribution is 5.35. The molecule has 0 bridgehead atoms. The first-order valence-corrected chi connectivity index (χ1v) is 5.06. The van der Waals surface area contributed by atoms with Crippen molar-refractivity contribution in [2.24, 2.45) is 7.05 Å². The molecule has 0 fully saturated rings. The summed E-state index contributed by atoms with van der Waals surface area (Å²) in [6.45, 7) is 1.64. The van der Waals surface area contributed by atoms with Gasteiger partial charge in [0.25, 0.3) is 5.56 Å². The first-order chi connectivity index (χ1) is 8.00. The highest BCUT2D eigenvalue weighted by atomic mass is 19.1.